The van der Waals surface area contributed by atoms with Gasteiger partial charge in [-0.1, -0.05) is 18.5 Å². The molecule has 0 bridgehead atoms. The fraction of sp³-hybridized carbons (Fsp3) is 0.571. The number of pyridine rings is 1. The number of rotatable bonds is 5. The predicted molar refractivity (Wildman–Crippen MR) is 77.8 cm³/mol. The maximum absolute atomic E-state index is 12.4. The van der Waals surface area contributed by atoms with Crippen molar-refractivity contribution in [2.45, 2.75) is 38.6 Å². The van der Waals surface area contributed by atoms with Gasteiger partial charge in [0, 0.05) is 19.6 Å². The minimum Gasteiger partial charge on any atom is -0.370 e. The Morgan fingerprint density at radius 1 is 1.53 bits per heavy atom. The van der Waals surface area contributed by atoms with Crippen molar-refractivity contribution in [1.82, 2.24) is 9.88 Å². The first kappa shape index (κ1) is 14.1. The normalized spacial score (nSPS) is 14.9. The van der Waals surface area contributed by atoms with E-state index < -0.39 is 0 Å². The molecule has 1 aliphatic carbocycles. The second-order valence-corrected chi connectivity index (χ2v) is 5.36. The highest BCUT2D eigenvalue weighted by atomic mass is 35.5. The van der Waals surface area contributed by atoms with Gasteiger partial charge in [0.2, 0.25) is 0 Å². The topological polar surface area (TPSA) is 45.2 Å². The second kappa shape index (κ2) is 6.24. The third-order valence-corrected chi connectivity index (χ3v) is 3.85. The first-order valence-electron chi connectivity index (χ1n) is 6.81. The Balaban J connectivity index is 2.14. The summed E-state index contributed by atoms with van der Waals surface area (Å²) in [6.07, 6.45) is 4.36. The summed E-state index contributed by atoms with van der Waals surface area (Å²) in [5.41, 5.74) is 0.345. The zero-order chi connectivity index (χ0) is 13.8. The van der Waals surface area contributed by atoms with Crippen LogP contribution in [0.25, 0.3) is 0 Å². The quantitative estimate of drug-likeness (QED) is 0.902. The molecular formula is C14H20ClN3O. The van der Waals surface area contributed by atoms with Gasteiger partial charge in [0.15, 0.2) is 0 Å². The summed E-state index contributed by atoms with van der Waals surface area (Å²) in [5, 5.41) is 3.59. The number of hydrogen-bond donors (Lipinski definition) is 1. The van der Waals surface area contributed by atoms with Gasteiger partial charge in [0.1, 0.15) is 11.5 Å². The van der Waals surface area contributed by atoms with E-state index in [1.165, 1.54) is 6.42 Å². The summed E-state index contributed by atoms with van der Waals surface area (Å²) >= 11 is 6.10. The minimum atomic E-state index is -0.0881. The number of nitrogens with one attached hydrogen (secondary N) is 1. The van der Waals surface area contributed by atoms with Gasteiger partial charge in [0.05, 0.1) is 5.02 Å². The van der Waals surface area contributed by atoms with Crippen LogP contribution in [-0.2, 0) is 0 Å². The molecule has 1 aromatic rings. The molecule has 0 unspecified atom stereocenters. The lowest BCUT2D eigenvalue weighted by molar-refractivity contribution is 0.0646. The van der Waals surface area contributed by atoms with Gasteiger partial charge >= 0.3 is 0 Å². The van der Waals surface area contributed by atoms with Crippen LogP contribution in [0.5, 0.6) is 0 Å². The van der Waals surface area contributed by atoms with Crippen LogP contribution in [-0.4, -0.2) is 35.4 Å². The fourth-order valence-corrected chi connectivity index (χ4v) is 2.24. The standard InChI is InChI=1S/C14H20ClN3O/c1-3-9-16-12-8-7-11(15)13(17-12)14(19)18(2)10-5-4-6-10/h7-8,10H,3-6,9H2,1-2H3,(H,16,17). The molecule has 2 rings (SSSR count). The van der Waals surface area contributed by atoms with Gasteiger partial charge in [-0.25, -0.2) is 4.98 Å². The van der Waals surface area contributed by atoms with Crippen molar-refractivity contribution in [3.05, 3.63) is 22.8 Å². The van der Waals surface area contributed by atoms with Crippen molar-refractivity contribution in [2.75, 3.05) is 18.9 Å². The Hall–Kier alpha value is -1.29. The maximum atomic E-state index is 12.4. The minimum absolute atomic E-state index is 0.0881. The summed E-state index contributed by atoms with van der Waals surface area (Å²) in [5.74, 6) is 0.617. The van der Waals surface area contributed by atoms with E-state index in [1.54, 1.807) is 17.0 Å². The molecule has 1 aliphatic rings. The Bertz CT molecular complexity index is 460. The number of halogens is 1. The first-order chi connectivity index (χ1) is 9.13. The monoisotopic (exact) mass is 281 g/mol. The van der Waals surface area contributed by atoms with Gasteiger partial charge in [-0.2, -0.15) is 0 Å². The molecule has 0 atom stereocenters. The predicted octanol–water partition coefficient (Wildman–Crippen LogP) is 3.18. The number of anilines is 1. The van der Waals surface area contributed by atoms with Crippen LogP contribution in [0.15, 0.2) is 12.1 Å². The maximum Gasteiger partial charge on any atom is 0.274 e. The lowest BCUT2D eigenvalue weighted by atomic mass is 9.92. The van der Waals surface area contributed by atoms with Crippen LogP contribution in [0.3, 0.4) is 0 Å². The highest BCUT2D eigenvalue weighted by Gasteiger charge is 2.28. The summed E-state index contributed by atoms with van der Waals surface area (Å²) in [4.78, 5) is 18.5. The van der Waals surface area contributed by atoms with Gasteiger partial charge in [-0.3, -0.25) is 4.79 Å². The molecule has 0 aromatic carbocycles. The van der Waals surface area contributed by atoms with Gasteiger partial charge in [-0.05, 0) is 37.8 Å². The lowest BCUT2D eigenvalue weighted by Crippen LogP contribution is -2.41. The molecule has 0 saturated heterocycles. The van der Waals surface area contributed by atoms with Crippen LogP contribution in [0.4, 0.5) is 5.82 Å². The molecule has 1 amide bonds. The van der Waals surface area contributed by atoms with E-state index in [1.807, 2.05) is 7.05 Å². The van der Waals surface area contributed by atoms with E-state index in [0.29, 0.717) is 22.6 Å². The van der Waals surface area contributed by atoms with E-state index in [9.17, 15) is 4.79 Å². The second-order valence-electron chi connectivity index (χ2n) is 4.95. The summed E-state index contributed by atoms with van der Waals surface area (Å²) in [6, 6.07) is 3.88. The Labute approximate surface area is 119 Å². The molecule has 5 heteroatoms. The Morgan fingerprint density at radius 2 is 2.26 bits per heavy atom. The van der Waals surface area contributed by atoms with Crippen molar-refractivity contribution in [3.63, 3.8) is 0 Å². The Kier molecular flexibility index (Phi) is 4.64. The van der Waals surface area contributed by atoms with Gasteiger partial charge in [0.25, 0.3) is 5.91 Å². The smallest absolute Gasteiger partial charge is 0.274 e. The molecule has 19 heavy (non-hydrogen) atoms. The molecule has 1 heterocycles. The lowest BCUT2D eigenvalue weighted by Gasteiger charge is -2.34. The highest BCUT2D eigenvalue weighted by Crippen LogP contribution is 2.26. The average molecular weight is 282 g/mol. The van der Waals surface area contributed by atoms with Crippen LogP contribution in [0, 0.1) is 0 Å². The zero-order valence-electron chi connectivity index (χ0n) is 11.4. The Morgan fingerprint density at radius 3 is 2.84 bits per heavy atom. The van der Waals surface area contributed by atoms with Crippen molar-refractivity contribution >= 4 is 23.3 Å². The van der Waals surface area contributed by atoms with Crippen molar-refractivity contribution in [1.29, 1.82) is 0 Å². The van der Waals surface area contributed by atoms with Crippen molar-refractivity contribution < 1.29 is 4.79 Å². The number of carbonyl (C=O) groups is 1. The first-order valence-corrected chi connectivity index (χ1v) is 7.19. The number of carbonyl (C=O) groups excluding carboxylic acids is 1. The molecule has 1 N–H and O–H groups in total. The van der Waals surface area contributed by atoms with E-state index in [0.717, 1.165) is 25.8 Å². The largest absolute Gasteiger partial charge is 0.370 e. The molecule has 4 nitrogen and oxygen atoms in total. The molecule has 1 fully saturated rings. The molecule has 104 valence electrons. The third kappa shape index (κ3) is 3.18. The third-order valence-electron chi connectivity index (χ3n) is 3.55. The van der Waals surface area contributed by atoms with Crippen LogP contribution < -0.4 is 5.32 Å². The summed E-state index contributed by atoms with van der Waals surface area (Å²) in [7, 11) is 1.83. The van der Waals surface area contributed by atoms with Crippen LogP contribution in [0.1, 0.15) is 43.1 Å². The van der Waals surface area contributed by atoms with Gasteiger partial charge in [-0.15, -0.1) is 0 Å². The number of nitrogens with zero attached hydrogens (tertiary/aromatic N) is 2. The molecule has 1 aromatic heterocycles. The average Bonchev–Trinajstić information content (AvgIpc) is 2.35. The number of hydrogen-bond acceptors (Lipinski definition) is 3. The van der Waals surface area contributed by atoms with Gasteiger partial charge < -0.3 is 10.2 Å². The zero-order valence-corrected chi connectivity index (χ0v) is 12.2. The number of amides is 1. The van der Waals surface area contributed by atoms with Crippen molar-refractivity contribution in [3.8, 4) is 0 Å². The highest BCUT2D eigenvalue weighted by molar-refractivity contribution is 6.33. The van der Waals surface area contributed by atoms with Crippen LogP contribution >= 0.6 is 11.6 Å². The fourth-order valence-electron chi connectivity index (χ4n) is 2.05. The molecule has 0 spiro atoms. The number of aromatic nitrogens is 1. The SMILES string of the molecule is CCCNc1ccc(Cl)c(C(=O)N(C)C2CCC2)n1. The van der Waals surface area contributed by atoms with Crippen molar-refractivity contribution in [2.24, 2.45) is 0 Å². The summed E-state index contributed by atoms with van der Waals surface area (Å²) < 4.78 is 0. The van der Waals surface area contributed by atoms with E-state index in [2.05, 4.69) is 17.2 Å². The van der Waals surface area contributed by atoms with E-state index in [-0.39, 0.29) is 5.91 Å². The molecule has 0 radical (unpaired) electrons. The van der Waals surface area contributed by atoms with Crippen LogP contribution in [0.2, 0.25) is 5.02 Å². The summed E-state index contributed by atoms with van der Waals surface area (Å²) in [6.45, 7) is 2.92. The molecule has 0 aliphatic heterocycles. The molecular weight excluding hydrogens is 262 g/mol. The molecule has 1 saturated carbocycles. The van der Waals surface area contributed by atoms with E-state index in [4.69, 9.17) is 11.6 Å². The van der Waals surface area contributed by atoms with E-state index >= 15 is 0 Å².